The molecule has 0 aliphatic carbocycles. The number of rotatable bonds is 5. The van der Waals surface area contributed by atoms with Gasteiger partial charge in [0.2, 0.25) is 5.56 Å². The molecule has 0 radical (unpaired) electrons. The van der Waals surface area contributed by atoms with Crippen molar-refractivity contribution in [3.63, 3.8) is 0 Å². The van der Waals surface area contributed by atoms with E-state index in [0.717, 1.165) is 5.56 Å². The van der Waals surface area contributed by atoms with Crippen molar-refractivity contribution in [1.29, 1.82) is 0 Å². The molecule has 0 saturated heterocycles. The number of halogens is 2. The predicted octanol–water partition coefficient (Wildman–Crippen LogP) is 3.40. The summed E-state index contributed by atoms with van der Waals surface area (Å²) < 4.78 is 30.5. The first-order chi connectivity index (χ1) is 14.0. The first-order valence-corrected chi connectivity index (χ1v) is 8.74. The molecule has 0 aliphatic rings. The van der Waals surface area contributed by atoms with Gasteiger partial charge in [-0.1, -0.05) is 42.5 Å². The minimum atomic E-state index is -2.94. The van der Waals surface area contributed by atoms with Crippen LogP contribution in [0, 0.1) is 0 Å². The van der Waals surface area contributed by atoms with Crippen LogP contribution in [0.1, 0.15) is 5.56 Å². The molecular formula is C21H15F2N3O3. The molecule has 6 nitrogen and oxygen atoms in total. The summed E-state index contributed by atoms with van der Waals surface area (Å²) in [4.78, 5) is 27.7. The van der Waals surface area contributed by atoms with Gasteiger partial charge in [0.05, 0.1) is 17.6 Å². The van der Waals surface area contributed by atoms with Crippen LogP contribution >= 0.6 is 0 Å². The van der Waals surface area contributed by atoms with Crippen molar-refractivity contribution in [3.8, 4) is 16.9 Å². The van der Waals surface area contributed by atoms with Crippen molar-refractivity contribution in [2.24, 2.45) is 0 Å². The highest BCUT2D eigenvalue weighted by Crippen LogP contribution is 2.25. The lowest BCUT2D eigenvalue weighted by atomic mass is 10.1. The largest absolute Gasteiger partial charge is 0.435 e. The second-order valence-corrected chi connectivity index (χ2v) is 6.31. The smallest absolute Gasteiger partial charge is 0.387 e. The third kappa shape index (κ3) is 3.91. The van der Waals surface area contributed by atoms with Gasteiger partial charge < -0.3 is 9.72 Å². The van der Waals surface area contributed by atoms with Gasteiger partial charge in [0.15, 0.2) is 0 Å². The van der Waals surface area contributed by atoms with Crippen molar-refractivity contribution >= 4 is 11.0 Å². The number of hydrogen-bond donors (Lipinski definition) is 1. The van der Waals surface area contributed by atoms with Gasteiger partial charge in [0.25, 0.3) is 5.56 Å². The van der Waals surface area contributed by atoms with Crippen molar-refractivity contribution in [1.82, 2.24) is 14.8 Å². The molecule has 2 aromatic carbocycles. The predicted molar refractivity (Wildman–Crippen MR) is 104 cm³/mol. The average Bonchev–Trinajstić information content (AvgIpc) is 2.70. The molecule has 2 aromatic heterocycles. The van der Waals surface area contributed by atoms with Gasteiger partial charge >= 0.3 is 6.61 Å². The number of H-pyrrole nitrogens is 1. The van der Waals surface area contributed by atoms with E-state index in [1.54, 1.807) is 0 Å². The molecule has 0 unspecified atom stereocenters. The van der Waals surface area contributed by atoms with Gasteiger partial charge in [0, 0.05) is 6.07 Å². The number of aromatic nitrogens is 3. The maximum atomic E-state index is 13.2. The van der Waals surface area contributed by atoms with Crippen LogP contribution in [0.2, 0.25) is 0 Å². The Labute approximate surface area is 163 Å². The first kappa shape index (κ1) is 18.5. The van der Waals surface area contributed by atoms with Gasteiger partial charge in [0.1, 0.15) is 11.3 Å². The maximum absolute atomic E-state index is 13.2. The van der Waals surface area contributed by atoms with E-state index in [2.05, 4.69) is 14.8 Å². The minimum absolute atomic E-state index is 0.0276. The topological polar surface area (TPSA) is 77.0 Å². The zero-order valence-electron chi connectivity index (χ0n) is 15.0. The molecule has 1 N–H and O–H groups in total. The Morgan fingerprint density at radius 1 is 0.966 bits per heavy atom. The molecule has 0 fully saturated rings. The van der Waals surface area contributed by atoms with Crippen LogP contribution in [0.25, 0.3) is 22.2 Å². The van der Waals surface area contributed by atoms with E-state index in [1.165, 1.54) is 41.1 Å². The SMILES string of the molecule is O=c1ccc2nn(Cc3ccccc3)c(=O)c(-c3ccc(OC(F)F)cc3)c2[nH]1. The molecule has 4 aromatic rings. The summed E-state index contributed by atoms with van der Waals surface area (Å²) in [6.45, 7) is -2.70. The zero-order chi connectivity index (χ0) is 20.4. The first-order valence-electron chi connectivity index (χ1n) is 8.74. The molecule has 4 rings (SSSR count). The summed E-state index contributed by atoms with van der Waals surface area (Å²) in [5.41, 5.74) is 1.50. The van der Waals surface area contributed by atoms with Gasteiger partial charge in [-0.25, -0.2) is 4.68 Å². The summed E-state index contributed by atoms with van der Waals surface area (Å²) >= 11 is 0. The van der Waals surface area contributed by atoms with Crippen LogP contribution in [-0.4, -0.2) is 21.4 Å². The molecule has 29 heavy (non-hydrogen) atoms. The molecule has 0 amide bonds. The van der Waals surface area contributed by atoms with Crippen LogP contribution in [0.3, 0.4) is 0 Å². The molecule has 0 saturated carbocycles. The minimum Gasteiger partial charge on any atom is -0.435 e. The number of nitrogens with zero attached hydrogens (tertiary/aromatic N) is 2. The average molecular weight is 395 g/mol. The van der Waals surface area contributed by atoms with Crippen LogP contribution in [0.5, 0.6) is 5.75 Å². The van der Waals surface area contributed by atoms with Crippen LogP contribution < -0.4 is 15.9 Å². The summed E-state index contributed by atoms with van der Waals surface area (Å²) in [5.74, 6) is -0.0276. The van der Waals surface area contributed by atoms with Crippen LogP contribution in [0.15, 0.2) is 76.3 Å². The van der Waals surface area contributed by atoms with E-state index < -0.39 is 12.2 Å². The molecule has 2 heterocycles. The summed E-state index contributed by atoms with van der Waals surface area (Å²) in [6, 6.07) is 17.9. The van der Waals surface area contributed by atoms with Crippen LogP contribution in [-0.2, 0) is 6.54 Å². The number of benzene rings is 2. The summed E-state index contributed by atoms with van der Waals surface area (Å²) in [6.07, 6.45) is 0. The lowest BCUT2D eigenvalue weighted by Crippen LogP contribution is -2.26. The van der Waals surface area contributed by atoms with Crippen LogP contribution in [0.4, 0.5) is 8.78 Å². The number of hydrogen-bond acceptors (Lipinski definition) is 4. The Morgan fingerprint density at radius 3 is 2.38 bits per heavy atom. The fourth-order valence-corrected chi connectivity index (χ4v) is 3.09. The number of aromatic amines is 1. The lowest BCUT2D eigenvalue weighted by Gasteiger charge is -2.12. The van der Waals surface area contributed by atoms with E-state index in [0.29, 0.717) is 11.1 Å². The normalized spacial score (nSPS) is 11.1. The number of nitrogens with one attached hydrogen (secondary N) is 1. The number of pyridine rings is 1. The maximum Gasteiger partial charge on any atom is 0.387 e. The summed E-state index contributed by atoms with van der Waals surface area (Å²) in [7, 11) is 0. The quantitative estimate of drug-likeness (QED) is 0.562. The standard InChI is InChI=1S/C21H15F2N3O3/c22-21(23)29-15-8-6-14(7-9-15)18-19-16(10-11-17(27)24-19)25-26(20(18)28)12-13-4-2-1-3-5-13/h1-11,21H,12H2,(H,24,27). The van der Waals surface area contributed by atoms with Gasteiger partial charge in [-0.15, -0.1) is 0 Å². The lowest BCUT2D eigenvalue weighted by molar-refractivity contribution is -0.0498. The Balaban J connectivity index is 1.89. The van der Waals surface area contributed by atoms with Gasteiger partial charge in [-0.2, -0.15) is 13.9 Å². The van der Waals surface area contributed by atoms with E-state index >= 15 is 0 Å². The highest BCUT2D eigenvalue weighted by atomic mass is 19.3. The Bertz CT molecular complexity index is 1270. The van der Waals surface area contributed by atoms with E-state index in [-0.39, 0.29) is 28.9 Å². The molecule has 146 valence electrons. The molecule has 8 heteroatoms. The highest BCUT2D eigenvalue weighted by Gasteiger charge is 2.15. The molecule has 0 bridgehead atoms. The molecule has 0 atom stereocenters. The van der Waals surface area contributed by atoms with E-state index in [9.17, 15) is 18.4 Å². The molecule has 0 aliphatic heterocycles. The summed E-state index contributed by atoms with van der Waals surface area (Å²) in [5, 5.41) is 4.36. The third-order valence-corrected chi connectivity index (χ3v) is 4.37. The van der Waals surface area contributed by atoms with E-state index in [1.807, 2.05) is 30.3 Å². The number of fused-ring (bicyclic) bond motifs is 1. The Morgan fingerprint density at radius 2 is 1.69 bits per heavy atom. The van der Waals surface area contributed by atoms with Crippen molar-refractivity contribution in [3.05, 3.63) is 93.0 Å². The van der Waals surface area contributed by atoms with Crippen molar-refractivity contribution < 1.29 is 13.5 Å². The number of ether oxygens (including phenoxy) is 1. The third-order valence-electron chi connectivity index (χ3n) is 4.37. The van der Waals surface area contributed by atoms with Gasteiger partial charge in [-0.3, -0.25) is 9.59 Å². The second kappa shape index (κ2) is 7.67. The van der Waals surface area contributed by atoms with Crippen molar-refractivity contribution in [2.75, 3.05) is 0 Å². The zero-order valence-corrected chi connectivity index (χ0v) is 15.0. The highest BCUT2D eigenvalue weighted by molar-refractivity contribution is 5.90. The fraction of sp³-hybridized carbons (Fsp3) is 0.0952. The second-order valence-electron chi connectivity index (χ2n) is 6.31. The Kier molecular flexibility index (Phi) is 4.90. The van der Waals surface area contributed by atoms with Crippen molar-refractivity contribution in [2.45, 2.75) is 13.2 Å². The molecule has 0 spiro atoms. The monoisotopic (exact) mass is 395 g/mol. The number of alkyl halides is 2. The van der Waals surface area contributed by atoms with Gasteiger partial charge in [-0.05, 0) is 29.3 Å². The fourth-order valence-electron chi connectivity index (χ4n) is 3.09. The van der Waals surface area contributed by atoms with E-state index in [4.69, 9.17) is 0 Å². The Hall–Kier alpha value is -3.81. The molecular weight excluding hydrogens is 380 g/mol.